The van der Waals surface area contributed by atoms with Crippen molar-refractivity contribution < 1.29 is 34.1 Å². The molecule has 0 radical (unpaired) electrons. The Bertz CT molecular complexity index is 1760. The van der Waals surface area contributed by atoms with Crippen molar-refractivity contribution in [2.45, 2.75) is 64.1 Å². The number of β-lactam (4-membered cyclic amide) rings is 1. The zero-order valence-corrected chi connectivity index (χ0v) is 27.7. The molecule has 3 aliphatic heterocycles. The second-order valence-corrected chi connectivity index (χ2v) is 13.2. The van der Waals surface area contributed by atoms with Crippen molar-refractivity contribution in [1.82, 2.24) is 4.90 Å². The third kappa shape index (κ3) is 6.10. The summed E-state index contributed by atoms with van der Waals surface area (Å²) in [5.41, 5.74) is 2.70. The molecule has 0 aromatic heterocycles. The molecule has 1 unspecified atom stereocenters. The fourth-order valence-electron chi connectivity index (χ4n) is 6.68. The summed E-state index contributed by atoms with van der Waals surface area (Å²) < 4.78 is 5.92. The largest absolute Gasteiger partial charge is 0.441 e. The van der Waals surface area contributed by atoms with Gasteiger partial charge in [-0.3, -0.25) is 24.1 Å². The summed E-state index contributed by atoms with van der Waals surface area (Å²) in [4.78, 5) is 55.6. The molecule has 3 heterocycles. The van der Waals surface area contributed by atoms with Crippen molar-refractivity contribution >= 4 is 51.0 Å². The lowest BCUT2D eigenvalue weighted by Gasteiger charge is -2.39. The van der Waals surface area contributed by atoms with Crippen LogP contribution in [0.1, 0.15) is 48.9 Å². The first kappa shape index (κ1) is 32.6. The number of halogens is 1. The SMILES string of the molecule is CC(=O)OC1CC(=O)N1c1ccc(CN2C(=O)[C@@](O)([C@@H](C)/C=C/CC(=O)N3Cc4ccccc4C[C@H]3CO)c3cc(Br)ccc32)cc1. The van der Waals surface area contributed by atoms with Crippen LogP contribution in [0, 0.1) is 5.92 Å². The van der Waals surface area contributed by atoms with Crippen molar-refractivity contribution in [3.05, 3.63) is 106 Å². The van der Waals surface area contributed by atoms with Crippen LogP contribution >= 0.6 is 15.9 Å². The molecule has 47 heavy (non-hydrogen) atoms. The van der Waals surface area contributed by atoms with Gasteiger partial charge in [0.1, 0.15) is 0 Å². The summed E-state index contributed by atoms with van der Waals surface area (Å²) in [6, 6.07) is 20.0. The average molecular weight is 703 g/mol. The highest BCUT2D eigenvalue weighted by Gasteiger charge is 2.52. The number of carbonyl (C=O) groups excluding carboxylic acids is 4. The van der Waals surface area contributed by atoms with Gasteiger partial charge in [-0.05, 0) is 53.4 Å². The van der Waals surface area contributed by atoms with E-state index >= 15 is 0 Å². The minimum absolute atomic E-state index is 0.0620. The standard InChI is InChI=1S/C36H36BrN3O7/c1-22(6-5-9-32(43)38-20-26-8-4-3-7-25(26)16-29(38)21-41)36(46)30-17-27(37)12-15-31(30)39(35(36)45)19-24-10-13-28(14-11-24)40-33(44)18-34(40)47-23(2)42/h3-8,10-15,17,22,29,34,41,46H,9,16,18-21H2,1-2H3/b6-5+/t22-,29-,34?,36+/m0/s1. The highest BCUT2D eigenvalue weighted by atomic mass is 79.9. The van der Waals surface area contributed by atoms with E-state index < -0.39 is 29.6 Å². The van der Waals surface area contributed by atoms with Crippen LogP contribution in [0.25, 0.3) is 0 Å². The first-order chi connectivity index (χ1) is 22.5. The third-order valence-electron chi connectivity index (χ3n) is 9.26. The lowest BCUT2D eigenvalue weighted by atomic mass is 9.83. The molecule has 2 N–H and O–H groups in total. The molecule has 3 aromatic carbocycles. The number of nitrogens with zero attached hydrogens (tertiary/aromatic N) is 3. The van der Waals surface area contributed by atoms with Crippen LogP contribution in [0.15, 0.2) is 83.4 Å². The number of aliphatic hydroxyl groups excluding tert-OH is 1. The Morgan fingerprint density at radius 2 is 1.79 bits per heavy atom. The maximum absolute atomic E-state index is 14.0. The van der Waals surface area contributed by atoms with Gasteiger partial charge in [-0.25, -0.2) is 0 Å². The minimum Gasteiger partial charge on any atom is -0.441 e. The Hall–Kier alpha value is -4.32. The number of ether oxygens (including phenoxy) is 1. The first-order valence-electron chi connectivity index (χ1n) is 15.6. The van der Waals surface area contributed by atoms with Crippen LogP contribution < -0.4 is 9.80 Å². The summed E-state index contributed by atoms with van der Waals surface area (Å²) in [5, 5.41) is 22.0. The van der Waals surface area contributed by atoms with Gasteiger partial charge in [0.05, 0.1) is 31.3 Å². The van der Waals surface area contributed by atoms with Gasteiger partial charge >= 0.3 is 5.97 Å². The van der Waals surface area contributed by atoms with Gasteiger partial charge in [0.2, 0.25) is 11.8 Å². The molecule has 3 amide bonds. The molecule has 244 valence electrons. The number of benzene rings is 3. The van der Waals surface area contributed by atoms with E-state index in [-0.39, 0.29) is 43.8 Å². The van der Waals surface area contributed by atoms with Gasteiger partial charge in [0.25, 0.3) is 5.91 Å². The van der Waals surface area contributed by atoms with E-state index in [9.17, 15) is 29.4 Å². The predicted octanol–water partition coefficient (Wildman–Crippen LogP) is 4.34. The topological polar surface area (TPSA) is 128 Å². The highest BCUT2D eigenvalue weighted by Crippen LogP contribution is 2.47. The van der Waals surface area contributed by atoms with Gasteiger partial charge in [-0.2, -0.15) is 0 Å². The fraction of sp³-hybridized carbons (Fsp3) is 0.333. The number of esters is 1. The lowest BCUT2D eigenvalue weighted by Crippen LogP contribution is -2.54. The normalized spacial score (nSPS) is 22.6. The smallest absolute Gasteiger partial charge is 0.304 e. The molecule has 1 fully saturated rings. The average Bonchev–Trinajstić information content (AvgIpc) is 3.26. The number of amides is 3. The van der Waals surface area contributed by atoms with Crippen LogP contribution in [0.2, 0.25) is 0 Å². The summed E-state index contributed by atoms with van der Waals surface area (Å²) in [6.45, 7) is 3.51. The summed E-state index contributed by atoms with van der Waals surface area (Å²) in [6.07, 6.45) is 3.53. The number of rotatable bonds is 9. The Balaban J connectivity index is 1.17. The Labute approximate surface area is 281 Å². The monoisotopic (exact) mass is 701 g/mol. The van der Waals surface area contributed by atoms with Gasteiger partial charge in [0, 0.05) is 41.5 Å². The van der Waals surface area contributed by atoms with Crippen molar-refractivity contribution in [3.63, 3.8) is 0 Å². The van der Waals surface area contributed by atoms with Crippen molar-refractivity contribution in [1.29, 1.82) is 0 Å². The molecule has 0 bridgehead atoms. The first-order valence-corrected chi connectivity index (χ1v) is 16.4. The zero-order chi connectivity index (χ0) is 33.5. The van der Waals surface area contributed by atoms with E-state index in [0.717, 1.165) is 16.7 Å². The molecule has 0 saturated carbocycles. The van der Waals surface area contributed by atoms with E-state index in [4.69, 9.17) is 4.74 Å². The van der Waals surface area contributed by atoms with Crippen LogP contribution in [0.3, 0.4) is 0 Å². The molecule has 10 nitrogen and oxygen atoms in total. The predicted molar refractivity (Wildman–Crippen MR) is 178 cm³/mol. The van der Waals surface area contributed by atoms with Gasteiger partial charge < -0.3 is 24.7 Å². The van der Waals surface area contributed by atoms with Gasteiger partial charge in [0.15, 0.2) is 11.8 Å². The molecule has 4 atom stereocenters. The molecule has 0 spiro atoms. The quantitative estimate of drug-likeness (QED) is 0.193. The molecule has 11 heteroatoms. The van der Waals surface area contributed by atoms with Crippen LogP contribution in [-0.4, -0.2) is 57.7 Å². The summed E-state index contributed by atoms with van der Waals surface area (Å²) in [5.74, 6) is -1.91. The Morgan fingerprint density at radius 1 is 1.06 bits per heavy atom. The fourth-order valence-corrected chi connectivity index (χ4v) is 7.04. The van der Waals surface area contributed by atoms with Gasteiger partial charge in [-0.15, -0.1) is 0 Å². The second-order valence-electron chi connectivity index (χ2n) is 12.3. The lowest BCUT2D eigenvalue weighted by molar-refractivity contribution is -0.154. The second kappa shape index (κ2) is 13.1. The Kier molecular flexibility index (Phi) is 9.06. The number of carbonyl (C=O) groups is 4. The third-order valence-corrected chi connectivity index (χ3v) is 9.75. The van der Waals surface area contributed by atoms with Crippen LogP contribution in [0.5, 0.6) is 0 Å². The number of hydrogen-bond acceptors (Lipinski definition) is 7. The van der Waals surface area contributed by atoms with Crippen molar-refractivity contribution in [2.75, 3.05) is 16.4 Å². The maximum atomic E-state index is 14.0. The molecule has 6 rings (SSSR count). The van der Waals surface area contributed by atoms with E-state index in [1.165, 1.54) is 11.8 Å². The van der Waals surface area contributed by atoms with E-state index in [1.807, 2.05) is 30.3 Å². The summed E-state index contributed by atoms with van der Waals surface area (Å²) in [7, 11) is 0. The number of aliphatic hydroxyl groups is 2. The van der Waals surface area contributed by atoms with Gasteiger partial charge in [-0.1, -0.05) is 71.4 Å². The van der Waals surface area contributed by atoms with E-state index in [2.05, 4.69) is 15.9 Å². The zero-order valence-electron chi connectivity index (χ0n) is 26.1. The van der Waals surface area contributed by atoms with Crippen LogP contribution in [0.4, 0.5) is 11.4 Å². The molecule has 3 aliphatic rings. The molecule has 3 aromatic rings. The molecule has 1 saturated heterocycles. The minimum atomic E-state index is -1.88. The van der Waals surface area contributed by atoms with E-state index in [0.29, 0.717) is 34.4 Å². The molecular formula is C36H36BrN3O7. The molecule has 0 aliphatic carbocycles. The summed E-state index contributed by atoms with van der Waals surface area (Å²) >= 11 is 3.48. The van der Waals surface area contributed by atoms with Crippen LogP contribution in [-0.2, 0) is 49.0 Å². The number of fused-ring (bicyclic) bond motifs is 2. The van der Waals surface area contributed by atoms with Crippen molar-refractivity contribution in [2.24, 2.45) is 5.92 Å². The number of hydrogen-bond donors (Lipinski definition) is 2. The van der Waals surface area contributed by atoms with Crippen molar-refractivity contribution in [3.8, 4) is 0 Å². The highest BCUT2D eigenvalue weighted by molar-refractivity contribution is 9.10. The number of anilines is 2. The Morgan fingerprint density at radius 3 is 2.47 bits per heavy atom. The maximum Gasteiger partial charge on any atom is 0.304 e. The van der Waals surface area contributed by atoms with E-state index in [1.54, 1.807) is 65.3 Å². The molecular weight excluding hydrogens is 666 g/mol.